The molecular formula is C17H21N5O3. The summed E-state index contributed by atoms with van der Waals surface area (Å²) in [6.45, 7) is 5.31. The van der Waals surface area contributed by atoms with E-state index < -0.39 is 0 Å². The first-order valence-electron chi connectivity index (χ1n) is 8.22. The Morgan fingerprint density at radius 1 is 1.32 bits per heavy atom. The van der Waals surface area contributed by atoms with Crippen LogP contribution < -0.4 is 10.2 Å². The zero-order valence-electron chi connectivity index (χ0n) is 14.4. The monoisotopic (exact) mass is 343 g/mol. The highest BCUT2D eigenvalue weighted by atomic mass is 16.6. The second-order valence-electron chi connectivity index (χ2n) is 6.15. The van der Waals surface area contributed by atoms with Crippen LogP contribution in [0, 0.1) is 17.0 Å². The molecule has 0 unspecified atom stereocenters. The number of hydrogen-bond donors (Lipinski definition) is 1. The summed E-state index contributed by atoms with van der Waals surface area (Å²) in [6, 6.07) is 7.03. The fraction of sp³-hybridized carbons (Fsp3) is 0.412. The lowest BCUT2D eigenvalue weighted by Crippen LogP contribution is -2.49. The molecule has 8 nitrogen and oxygen atoms in total. The number of aryl methyl sites for hydroxylation is 1. The summed E-state index contributed by atoms with van der Waals surface area (Å²) in [4.78, 5) is 31.1. The van der Waals surface area contributed by atoms with Gasteiger partial charge in [-0.1, -0.05) is 12.1 Å². The molecule has 1 N–H and O–H groups in total. The molecule has 0 bridgehead atoms. The Balaban J connectivity index is 1.88. The molecular weight excluding hydrogens is 322 g/mol. The Kier molecular flexibility index (Phi) is 4.80. The highest BCUT2D eigenvalue weighted by molar-refractivity contribution is 5.97. The minimum atomic E-state index is -0.389. The van der Waals surface area contributed by atoms with E-state index in [0.717, 1.165) is 42.9 Å². The average molecular weight is 343 g/mol. The van der Waals surface area contributed by atoms with Crippen molar-refractivity contribution < 1.29 is 9.72 Å². The standard InChI is InChI=1S/C17H21N5O3/c1-12-10-15(13-4-3-5-14(22(24)25)17(13)19-12)21-8-6-20(7-9-21)11-16(23)18-2/h3-5,10H,6-9,11H2,1-2H3,(H,18,23). The van der Waals surface area contributed by atoms with Gasteiger partial charge in [-0.05, 0) is 13.0 Å². The van der Waals surface area contributed by atoms with Gasteiger partial charge in [0.25, 0.3) is 5.69 Å². The van der Waals surface area contributed by atoms with Gasteiger partial charge in [0, 0.05) is 56.1 Å². The maximum atomic E-state index is 11.5. The Labute approximate surface area is 145 Å². The summed E-state index contributed by atoms with van der Waals surface area (Å²) in [5.41, 5.74) is 2.17. The Hall–Kier alpha value is -2.74. The Morgan fingerprint density at radius 2 is 2.04 bits per heavy atom. The number of nitrogens with zero attached hydrogens (tertiary/aromatic N) is 4. The first-order valence-corrected chi connectivity index (χ1v) is 8.22. The van der Waals surface area contributed by atoms with E-state index in [9.17, 15) is 14.9 Å². The lowest BCUT2D eigenvalue weighted by Gasteiger charge is -2.36. The molecule has 8 heteroatoms. The largest absolute Gasteiger partial charge is 0.368 e. The Morgan fingerprint density at radius 3 is 2.68 bits per heavy atom. The van der Waals surface area contributed by atoms with Gasteiger partial charge >= 0.3 is 0 Å². The second-order valence-corrected chi connectivity index (χ2v) is 6.15. The quantitative estimate of drug-likeness (QED) is 0.665. The molecule has 0 aliphatic carbocycles. The predicted molar refractivity (Wildman–Crippen MR) is 95.9 cm³/mol. The van der Waals surface area contributed by atoms with Gasteiger partial charge in [0.05, 0.1) is 11.5 Å². The minimum Gasteiger partial charge on any atom is -0.368 e. The van der Waals surface area contributed by atoms with Gasteiger partial charge in [-0.3, -0.25) is 19.8 Å². The highest BCUT2D eigenvalue weighted by Gasteiger charge is 2.22. The number of aromatic nitrogens is 1. The molecule has 0 saturated carbocycles. The van der Waals surface area contributed by atoms with Gasteiger partial charge in [0.1, 0.15) is 0 Å². The molecule has 0 radical (unpaired) electrons. The van der Waals surface area contributed by atoms with Gasteiger partial charge < -0.3 is 10.2 Å². The maximum Gasteiger partial charge on any atom is 0.295 e. The molecule has 25 heavy (non-hydrogen) atoms. The van der Waals surface area contributed by atoms with Gasteiger partial charge in [-0.25, -0.2) is 4.98 Å². The van der Waals surface area contributed by atoms with Gasteiger partial charge in [0.15, 0.2) is 5.52 Å². The number of nitro benzene ring substituents is 1. The third kappa shape index (κ3) is 3.53. The molecule has 1 fully saturated rings. The van der Waals surface area contributed by atoms with Crippen LogP contribution in [0.1, 0.15) is 5.69 Å². The molecule has 0 spiro atoms. The van der Waals surface area contributed by atoms with Crippen LogP contribution in [0.2, 0.25) is 0 Å². The van der Waals surface area contributed by atoms with Crippen LogP contribution in [-0.4, -0.2) is 60.5 Å². The van der Waals surface area contributed by atoms with Crippen molar-refractivity contribution in [3.05, 3.63) is 40.1 Å². The van der Waals surface area contributed by atoms with Crippen molar-refractivity contribution in [2.24, 2.45) is 0 Å². The van der Waals surface area contributed by atoms with Gasteiger partial charge in [-0.15, -0.1) is 0 Å². The first kappa shape index (κ1) is 17.1. The van der Waals surface area contributed by atoms with Crippen LogP contribution in [0.4, 0.5) is 11.4 Å². The van der Waals surface area contributed by atoms with E-state index in [1.807, 2.05) is 19.1 Å². The van der Waals surface area contributed by atoms with E-state index in [0.29, 0.717) is 12.1 Å². The minimum absolute atomic E-state index is 0.00859. The molecule has 1 amide bonds. The fourth-order valence-corrected chi connectivity index (χ4v) is 3.18. The number of non-ortho nitro benzene ring substituents is 1. The number of nitrogens with one attached hydrogen (secondary N) is 1. The van der Waals surface area contributed by atoms with Crippen molar-refractivity contribution in [1.82, 2.24) is 15.2 Å². The van der Waals surface area contributed by atoms with Crippen molar-refractivity contribution in [1.29, 1.82) is 0 Å². The zero-order valence-corrected chi connectivity index (χ0v) is 14.4. The number of fused-ring (bicyclic) bond motifs is 1. The van der Waals surface area contributed by atoms with Crippen LogP contribution in [0.5, 0.6) is 0 Å². The number of benzene rings is 1. The number of anilines is 1. The number of hydrogen-bond acceptors (Lipinski definition) is 6. The van der Waals surface area contributed by atoms with Crippen molar-refractivity contribution in [3.63, 3.8) is 0 Å². The van der Waals surface area contributed by atoms with Crippen LogP contribution in [-0.2, 0) is 4.79 Å². The lowest BCUT2D eigenvalue weighted by molar-refractivity contribution is -0.383. The molecule has 2 aromatic rings. The Bertz CT molecular complexity index is 815. The SMILES string of the molecule is CNC(=O)CN1CCN(c2cc(C)nc3c([N+](=O)[O-])cccc23)CC1. The van der Waals surface area contributed by atoms with E-state index in [-0.39, 0.29) is 16.5 Å². The molecule has 1 aromatic heterocycles. The predicted octanol–water partition coefficient (Wildman–Crippen LogP) is 1.32. The molecule has 132 valence electrons. The summed E-state index contributed by atoms with van der Waals surface area (Å²) in [7, 11) is 1.64. The summed E-state index contributed by atoms with van der Waals surface area (Å²) in [6.07, 6.45) is 0. The van der Waals surface area contributed by atoms with E-state index in [1.165, 1.54) is 6.07 Å². The van der Waals surface area contributed by atoms with Gasteiger partial charge in [-0.2, -0.15) is 0 Å². The highest BCUT2D eigenvalue weighted by Crippen LogP contribution is 2.32. The number of amides is 1. The third-order valence-electron chi connectivity index (χ3n) is 4.48. The van der Waals surface area contributed by atoms with E-state index in [1.54, 1.807) is 13.1 Å². The molecule has 3 rings (SSSR count). The van der Waals surface area contributed by atoms with Crippen LogP contribution >= 0.6 is 0 Å². The number of likely N-dealkylation sites (N-methyl/N-ethyl adjacent to an activating group) is 1. The van der Waals surface area contributed by atoms with Gasteiger partial charge in [0.2, 0.25) is 5.91 Å². The molecule has 1 saturated heterocycles. The average Bonchev–Trinajstić information content (AvgIpc) is 2.61. The summed E-state index contributed by atoms with van der Waals surface area (Å²) < 4.78 is 0. The van der Waals surface area contributed by atoms with Crippen molar-refractivity contribution in [2.75, 3.05) is 44.7 Å². The second kappa shape index (κ2) is 7.02. The molecule has 0 atom stereocenters. The molecule has 1 aliphatic rings. The van der Waals surface area contributed by atoms with Crippen molar-refractivity contribution in [2.45, 2.75) is 6.92 Å². The number of nitro groups is 1. The van der Waals surface area contributed by atoms with Crippen LogP contribution in [0.15, 0.2) is 24.3 Å². The molecule has 1 aliphatic heterocycles. The fourth-order valence-electron chi connectivity index (χ4n) is 3.18. The topological polar surface area (TPSA) is 91.6 Å². The summed E-state index contributed by atoms with van der Waals surface area (Å²) in [5.74, 6) is 0.00859. The lowest BCUT2D eigenvalue weighted by atomic mass is 10.1. The van der Waals surface area contributed by atoms with Crippen molar-refractivity contribution >= 4 is 28.2 Å². The number of rotatable bonds is 4. The number of carbonyl (C=O) groups is 1. The van der Waals surface area contributed by atoms with Crippen LogP contribution in [0.25, 0.3) is 10.9 Å². The maximum absolute atomic E-state index is 11.5. The smallest absolute Gasteiger partial charge is 0.295 e. The summed E-state index contributed by atoms with van der Waals surface area (Å²) >= 11 is 0. The third-order valence-corrected chi connectivity index (χ3v) is 4.48. The summed E-state index contributed by atoms with van der Waals surface area (Å²) in [5, 5.41) is 14.7. The first-order chi connectivity index (χ1) is 12.0. The van der Waals surface area contributed by atoms with Crippen molar-refractivity contribution in [3.8, 4) is 0 Å². The number of piperazine rings is 1. The van der Waals surface area contributed by atoms with E-state index >= 15 is 0 Å². The van der Waals surface area contributed by atoms with Crippen LogP contribution in [0.3, 0.4) is 0 Å². The number of pyridine rings is 1. The van der Waals surface area contributed by atoms with E-state index in [4.69, 9.17) is 0 Å². The number of carbonyl (C=O) groups excluding carboxylic acids is 1. The molecule has 2 heterocycles. The normalized spacial score (nSPS) is 15.4. The number of para-hydroxylation sites is 1. The zero-order chi connectivity index (χ0) is 18.0. The van der Waals surface area contributed by atoms with E-state index in [2.05, 4.69) is 20.1 Å². The molecule has 1 aromatic carbocycles.